The highest BCUT2D eigenvalue weighted by Crippen LogP contribution is 2.26. The maximum absolute atomic E-state index is 13.4. The van der Waals surface area contributed by atoms with Gasteiger partial charge in [-0.2, -0.15) is 0 Å². The molecule has 1 aliphatic heterocycles. The molecule has 0 radical (unpaired) electrons. The van der Waals surface area contributed by atoms with E-state index in [1.807, 2.05) is 42.5 Å². The molecule has 8 unspecified atom stereocenters. The Morgan fingerprint density at radius 1 is 0.506 bits per heavy atom. The highest BCUT2D eigenvalue weighted by Gasteiger charge is 2.47. The van der Waals surface area contributed by atoms with E-state index in [0.29, 0.717) is 12.8 Å². The van der Waals surface area contributed by atoms with Gasteiger partial charge in [0.25, 0.3) is 0 Å². The molecule has 0 spiro atoms. The van der Waals surface area contributed by atoms with Crippen LogP contribution in [0.25, 0.3) is 0 Å². The second-order valence-corrected chi connectivity index (χ2v) is 22.2. The Morgan fingerprint density at radius 3 is 1.47 bits per heavy atom. The summed E-state index contributed by atoms with van der Waals surface area (Å²) in [6.45, 7) is 5.60. The molecule has 81 heavy (non-hydrogen) atoms. The SMILES string of the molecule is CC/C=C/C=C/C=C/C=C\CCCCCCC(O)C(=O)NC(COC1OC(CO)C(O)C(O)C1OC(=O)CCCCCCCCCCC/C=C\C/C=C\C/C=C\C/C=C\CCCCC)C(O)/C=C/CCCCCCCCCCCCC. The lowest BCUT2D eigenvalue weighted by Gasteiger charge is -2.41. The number of aliphatic hydroxyl groups excluding tert-OH is 5. The Labute approximate surface area is 494 Å². The van der Waals surface area contributed by atoms with Crippen LogP contribution in [0.15, 0.2) is 109 Å². The van der Waals surface area contributed by atoms with Crippen LogP contribution in [-0.2, 0) is 23.8 Å². The van der Waals surface area contributed by atoms with Gasteiger partial charge in [0.2, 0.25) is 5.91 Å². The van der Waals surface area contributed by atoms with Crippen molar-refractivity contribution in [3.8, 4) is 0 Å². The highest BCUT2D eigenvalue weighted by molar-refractivity contribution is 5.80. The number of hydrogen-bond donors (Lipinski definition) is 6. The summed E-state index contributed by atoms with van der Waals surface area (Å²) in [5, 5.41) is 57.0. The van der Waals surface area contributed by atoms with E-state index < -0.39 is 67.4 Å². The zero-order chi connectivity index (χ0) is 58.9. The average Bonchev–Trinajstić information content (AvgIpc) is 3.46. The van der Waals surface area contributed by atoms with Crippen molar-refractivity contribution < 1.29 is 49.3 Å². The standard InChI is InChI=1S/C70H119NO10/c1-4-7-10-13-16-19-22-25-27-28-29-30-31-32-33-34-35-36-37-40-43-46-49-52-55-58-65(75)81-68-67(77)66(76)64(59-72)80-70(68)79-60-61(62(73)56-53-50-47-44-41-38-24-21-18-15-12-9-6-3)71-69(78)63(74)57-54-51-48-45-42-39-26-23-20-17-14-11-8-5-2/h8,11,14,16-17,19-20,23,25-27,29-30,32-33,39,53,56,61-64,66-68,70,72-74,76-77H,4-7,9-10,12-13,15,18,21-22,24,28,31,34-38,40-52,54-55,57-60H2,1-3H3,(H,71,78)/b11-8+,17-14+,19-16-,23-20+,27-25-,30-29-,33-32-,39-26-,56-53+. The Hall–Kier alpha value is -3.68. The Bertz CT molecular complexity index is 1730. The van der Waals surface area contributed by atoms with Gasteiger partial charge in [0, 0.05) is 6.42 Å². The molecule has 0 bridgehead atoms. The number of esters is 1. The lowest BCUT2D eigenvalue weighted by Crippen LogP contribution is -2.61. The van der Waals surface area contributed by atoms with Crippen LogP contribution in [0.1, 0.15) is 258 Å². The summed E-state index contributed by atoms with van der Waals surface area (Å²) in [6, 6.07) is -1.04. The first-order valence-corrected chi connectivity index (χ1v) is 32.7. The van der Waals surface area contributed by atoms with E-state index in [9.17, 15) is 35.1 Å². The summed E-state index contributed by atoms with van der Waals surface area (Å²) in [5.41, 5.74) is 0. The first kappa shape index (κ1) is 75.3. The van der Waals surface area contributed by atoms with Crippen LogP contribution in [-0.4, -0.2) is 99.6 Å². The van der Waals surface area contributed by atoms with Crippen molar-refractivity contribution in [3.63, 3.8) is 0 Å². The number of ether oxygens (including phenoxy) is 3. The molecule has 6 N–H and O–H groups in total. The van der Waals surface area contributed by atoms with E-state index in [0.717, 1.165) is 109 Å². The van der Waals surface area contributed by atoms with Crippen LogP contribution in [0.2, 0.25) is 0 Å². The predicted molar refractivity (Wildman–Crippen MR) is 338 cm³/mol. The summed E-state index contributed by atoms with van der Waals surface area (Å²) in [7, 11) is 0. The lowest BCUT2D eigenvalue weighted by atomic mass is 9.99. The topological polar surface area (TPSA) is 175 Å². The second kappa shape index (κ2) is 56.8. The molecular formula is C70H119NO10. The van der Waals surface area contributed by atoms with Crippen LogP contribution in [0.4, 0.5) is 0 Å². The lowest BCUT2D eigenvalue weighted by molar-refractivity contribution is -0.305. The Kier molecular flexibility index (Phi) is 52.8. The molecule has 0 saturated carbocycles. The van der Waals surface area contributed by atoms with Gasteiger partial charge >= 0.3 is 5.97 Å². The fourth-order valence-corrected chi connectivity index (χ4v) is 9.59. The smallest absolute Gasteiger partial charge is 0.306 e. The van der Waals surface area contributed by atoms with Crippen LogP contribution >= 0.6 is 0 Å². The third-order valence-corrected chi connectivity index (χ3v) is 14.8. The monoisotopic (exact) mass is 1130 g/mol. The van der Waals surface area contributed by atoms with Gasteiger partial charge in [-0.15, -0.1) is 0 Å². The fourth-order valence-electron chi connectivity index (χ4n) is 9.59. The number of rotatable bonds is 54. The number of aliphatic hydroxyl groups is 5. The van der Waals surface area contributed by atoms with Crippen molar-refractivity contribution in [1.82, 2.24) is 5.32 Å². The van der Waals surface area contributed by atoms with Gasteiger partial charge in [0.1, 0.15) is 24.4 Å². The minimum Gasteiger partial charge on any atom is -0.454 e. The van der Waals surface area contributed by atoms with E-state index >= 15 is 0 Å². The van der Waals surface area contributed by atoms with E-state index in [1.54, 1.807) is 6.08 Å². The summed E-state index contributed by atoms with van der Waals surface area (Å²) in [4.78, 5) is 26.6. The molecule has 0 aromatic rings. The second-order valence-electron chi connectivity index (χ2n) is 22.2. The van der Waals surface area contributed by atoms with Gasteiger partial charge in [-0.1, -0.05) is 271 Å². The van der Waals surface area contributed by atoms with Crippen LogP contribution < -0.4 is 5.32 Å². The summed E-state index contributed by atoms with van der Waals surface area (Å²) < 4.78 is 17.6. The predicted octanol–water partition coefficient (Wildman–Crippen LogP) is 16.1. The Morgan fingerprint density at radius 2 is 0.938 bits per heavy atom. The zero-order valence-electron chi connectivity index (χ0n) is 51.4. The quantitative estimate of drug-likeness (QED) is 0.0149. The molecule has 0 aromatic heterocycles. The first-order chi connectivity index (χ1) is 39.7. The van der Waals surface area contributed by atoms with E-state index in [1.165, 1.54) is 103 Å². The number of nitrogens with one attached hydrogen (secondary N) is 1. The van der Waals surface area contributed by atoms with Crippen LogP contribution in [0.5, 0.6) is 0 Å². The number of unbranched alkanes of at least 4 members (excludes halogenated alkanes) is 27. The molecule has 11 heteroatoms. The summed E-state index contributed by atoms with van der Waals surface area (Å²) >= 11 is 0. The molecule has 1 amide bonds. The number of carbonyl (C=O) groups excluding carboxylic acids is 2. The minimum atomic E-state index is -1.63. The van der Waals surface area contributed by atoms with Crippen molar-refractivity contribution in [2.24, 2.45) is 0 Å². The maximum atomic E-state index is 13.4. The van der Waals surface area contributed by atoms with Crippen molar-refractivity contribution in [1.29, 1.82) is 0 Å². The molecule has 464 valence electrons. The fraction of sp³-hybridized carbons (Fsp3) is 0.714. The molecule has 0 aliphatic carbocycles. The number of amides is 1. The molecule has 0 aromatic carbocycles. The summed E-state index contributed by atoms with van der Waals surface area (Å²) in [5.74, 6) is -1.23. The van der Waals surface area contributed by atoms with Crippen molar-refractivity contribution in [3.05, 3.63) is 109 Å². The average molecular weight is 1130 g/mol. The van der Waals surface area contributed by atoms with Gasteiger partial charge in [-0.05, 0) is 89.9 Å². The van der Waals surface area contributed by atoms with Crippen molar-refractivity contribution >= 4 is 11.9 Å². The van der Waals surface area contributed by atoms with Crippen LogP contribution in [0, 0.1) is 0 Å². The molecular weight excluding hydrogens is 1010 g/mol. The molecule has 1 rings (SSSR count). The Balaban J connectivity index is 2.63. The largest absolute Gasteiger partial charge is 0.454 e. The molecule has 1 fully saturated rings. The minimum absolute atomic E-state index is 0.108. The third-order valence-electron chi connectivity index (χ3n) is 14.8. The van der Waals surface area contributed by atoms with Gasteiger partial charge in [-0.25, -0.2) is 0 Å². The van der Waals surface area contributed by atoms with Crippen molar-refractivity contribution in [2.75, 3.05) is 13.2 Å². The van der Waals surface area contributed by atoms with Crippen molar-refractivity contribution in [2.45, 2.75) is 307 Å². The third kappa shape index (κ3) is 44.5. The number of allylic oxidation sites excluding steroid dienone is 17. The van der Waals surface area contributed by atoms with Gasteiger partial charge in [0.05, 0.1) is 25.4 Å². The summed E-state index contributed by atoms with van der Waals surface area (Å²) in [6.07, 6.45) is 66.9. The van der Waals surface area contributed by atoms with E-state index in [4.69, 9.17) is 14.2 Å². The van der Waals surface area contributed by atoms with E-state index in [2.05, 4.69) is 86.8 Å². The molecule has 11 nitrogen and oxygen atoms in total. The van der Waals surface area contributed by atoms with Crippen LogP contribution in [0.3, 0.4) is 0 Å². The zero-order valence-corrected chi connectivity index (χ0v) is 51.4. The number of carbonyl (C=O) groups is 2. The number of hydrogen-bond acceptors (Lipinski definition) is 10. The van der Waals surface area contributed by atoms with Gasteiger partial charge in [0.15, 0.2) is 12.4 Å². The molecule has 1 heterocycles. The molecule has 8 atom stereocenters. The maximum Gasteiger partial charge on any atom is 0.306 e. The molecule has 1 saturated heterocycles. The van der Waals surface area contributed by atoms with E-state index in [-0.39, 0.29) is 19.4 Å². The first-order valence-electron chi connectivity index (χ1n) is 32.7. The normalized spacial score (nSPS) is 19.4. The highest BCUT2D eigenvalue weighted by atomic mass is 16.7. The molecule has 1 aliphatic rings. The van der Waals surface area contributed by atoms with Gasteiger partial charge in [-0.3, -0.25) is 9.59 Å². The van der Waals surface area contributed by atoms with Gasteiger partial charge < -0.3 is 45.1 Å².